The number of aromatic amines is 1. The molecular weight excluding hydrogens is 276 g/mol. The molecule has 0 saturated carbocycles. The van der Waals surface area contributed by atoms with E-state index in [1.807, 2.05) is 24.4 Å². The summed E-state index contributed by atoms with van der Waals surface area (Å²) in [5.74, 6) is 0.406. The summed E-state index contributed by atoms with van der Waals surface area (Å²) in [7, 11) is 0. The summed E-state index contributed by atoms with van der Waals surface area (Å²) in [4.78, 5) is 14.4. The van der Waals surface area contributed by atoms with E-state index in [4.69, 9.17) is 0 Å². The van der Waals surface area contributed by atoms with Gasteiger partial charge in [-0.1, -0.05) is 13.0 Å². The van der Waals surface area contributed by atoms with Gasteiger partial charge in [-0.05, 0) is 37.1 Å². The fraction of sp³-hybridized carbons (Fsp3) is 0.412. The van der Waals surface area contributed by atoms with Crippen molar-refractivity contribution in [2.75, 3.05) is 18.4 Å². The van der Waals surface area contributed by atoms with Crippen LogP contribution in [0.4, 0.5) is 5.69 Å². The number of carbonyl (C=O) groups excluding carboxylic acids is 1. The third-order valence-corrected chi connectivity index (χ3v) is 4.33. The molecule has 0 fully saturated rings. The smallest absolute Gasteiger partial charge is 0.238 e. The highest BCUT2D eigenvalue weighted by Crippen LogP contribution is 2.25. The molecule has 1 aliphatic heterocycles. The van der Waals surface area contributed by atoms with E-state index in [1.165, 1.54) is 22.4 Å². The molecule has 1 aliphatic rings. The fourth-order valence-corrected chi connectivity index (χ4v) is 3.00. The Labute approximate surface area is 130 Å². The predicted molar refractivity (Wildman–Crippen MR) is 86.8 cm³/mol. The number of hydrogen-bond donors (Lipinski definition) is 2. The summed E-state index contributed by atoms with van der Waals surface area (Å²) in [5.41, 5.74) is 5.67. The number of carbonyl (C=O) groups is 1. The Morgan fingerprint density at radius 3 is 3.00 bits per heavy atom. The van der Waals surface area contributed by atoms with E-state index >= 15 is 0 Å². The Morgan fingerprint density at radius 1 is 1.41 bits per heavy atom. The zero-order valence-corrected chi connectivity index (χ0v) is 13.3. The van der Waals surface area contributed by atoms with E-state index in [0.717, 1.165) is 18.8 Å². The topological polar surface area (TPSA) is 61.0 Å². The number of rotatable bonds is 3. The molecule has 1 amide bonds. The molecule has 0 bridgehead atoms. The maximum absolute atomic E-state index is 12.3. The largest absolute Gasteiger partial charge is 0.325 e. The van der Waals surface area contributed by atoms with E-state index in [-0.39, 0.29) is 5.91 Å². The van der Waals surface area contributed by atoms with Gasteiger partial charge in [0, 0.05) is 36.0 Å². The van der Waals surface area contributed by atoms with Gasteiger partial charge < -0.3 is 5.32 Å². The van der Waals surface area contributed by atoms with Gasteiger partial charge >= 0.3 is 0 Å². The number of nitrogens with one attached hydrogen (secondary N) is 2. The minimum absolute atomic E-state index is 0.0300. The van der Waals surface area contributed by atoms with Gasteiger partial charge in [-0.2, -0.15) is 5.10 Å². The lowest BCUT2D eigenvalue weighted by molar-refractivity contribution is -0.117. The highest BCUT2D eigenvalue weighted by Gasteiger charge is 2.25. The molecule has 0 radical (unpaired) electrons. The van der Waals surface area contributed by atoms with Gasteiger partial charge in [0.2, 0.25) is 5.91 Å². The summed E-state index contributed by atoms with van der Waals surface area (Å²) < 4.78 is 0. The van der Waals surface area contributed by atoms with E-state index in [2.05, 4.69) is 41.2 Å². The average Bonchev–Trinajstić information content (AvgIpc) is 2.91. The van der Waals surface area contributed by atoms with Crippen LogP contribution in [-0.4, -0.2) is 34.1 Å². The van der Waals surface area contributed by atoms with Crippen molar-refractivity contribution in [2.45, 2.75) is 33.2 Å². The number of anilines is 1. The minimum atomic E-state index is 0.0300. The second-order valence-corrected chi connectivity index (χ2v) is 6.23. The van der Waals surface area contributed by atoms with Crippen LogP contribution in [0.25, 0.3) is 0 Å². The second-order valence-electron chi connectivity index (χ2n) is 6.23. The maximum atomic E-state index is 12.3. The lowest BCUT2D eigenvalue weighted by Gasteiger charge is -2.29. The molecule has 1 atom stereocenters. The normalized spacial score (nSPS) is 18.0. The van der Waals surface area contributed by atoms with Crippen LogP contribution in [0.15, 0.2) is 24.4 Å². The SMILES string of the molecule is Cc1ccc(NC(=O)CN2Cc3cn[nH]c3C(C)C2)cc1C. The molecule has 5 heteroatoms. The molecule has 0 aliphatic carbocycles. The molecule has 22 heavy (non-hydrogen) atoms. The van der Waals surface area contributed by atoms with Gasteiger partial charge in [-0.15, -0.1) is 0 Å². The van der Waals surface area contributed by atoms with Crippen molar-refractivity contribution in [1.29, 1.82) is 0 Å². The average molecular weight is 298 g/mol. The first kappa shape index (κ1) is 14.8. The molecule has 2 aromatic rings. The number of H-pyrrole nitrogens is 1. The zero-order valence-electron chi connectivity index (χ0n) is 13.3. The van der Waals surface area contributed by atoms with Gasteiger partial charge in [0.25, 0.3) is 0 Å². The lowest BCUT2D eigenvalue weighted by Crippen LogP contribution is -2.38. The summed E-state index contributed by atoms with van der Waals surface area (Å²) in [6.07, 6.45) is 1.86. The van der Waals surface area contributed by atoms with Crippen LogP contribution in [0.2, 0.25) is 0 Å². The number of fused-ring (bicyclic) bond motifs is 1. The first-order chi connectivity index (χ1) is 10.5. The molecule has 5 nitrogen and oxygen atoms in total. The fourth-order valence-electron chi connectivity index (χ4n) is 3.00. The van der Waals surface area contributed by atoms with Crippen molar-refractivity contribution in [1.82, 2.24) is 15.1 Å². The van der Waals surface area contributed by atoms with Gasteiger partial charge in [0.15, 0.2) is 0 Å². The zero-order chi connectivity index (χ0) is 15.7. The van der Waals surface area contributed by atoms with Crippen molar-refractivity contribution in [3.63, 3.8) is 0 Å². The number of aromatic nitrogens is 2. The Hall–Kier alpha value is -2.14. The van der Waals surface area contributed by atoms with Crippen molar-refractivity contribution < 1.29 is 4.79 Å². The van der Waals surface area contributed by atoms with Crippen LogP contribution >= 0.6 is 0 Å². The van der Waals surface area contributed by atoms with Gasteiger partial charge in [-0.25, -0.2) is 0 Å². The lowest BCUT2D eigenvalue weighted by atomic mass is 9.98. The predicted octanol–water partition coefficient (Wildman–Crippen LogP) is 2.58. The Kier molecular flexibility index (Phi) is 3.98. The second kappa shape index (κ2) is 5.93. The van der Waals surface area contributed by atoms with Crippen LogP contribution in [-0.2, 0) is 11.3 Å². The molecule has 2 heterocycles. The van der Waals surface area contributed by atoms with Crippen LogP contribution < -0.4 is 5.32 Å². The van der Waals surface area contributed by atoms with Gasteiger partial charge in [0.1, 0.15) is 0 Å². The summed E-state index contributed by atoms with van der Waals surface area (Å²) in [6, 6.07) is 6.00. The quantitative estimate of drug-likeness (QED) is 0.915. The third kappa shape index (κ3) is 3.04. The summed E-state index contributed by atoms with van der Waals surface area (Å²) in [5, 5.41) is 10.1. The standard InChI is InChI=1S/C17H22N4O/c1-11-4-5-15(6-12(11)2)19-16(22)10-21-8-13(3)17-14(9-21)7-18-20-17/h4-7,13H,8-10H2,1-3H3,(H,18,20)(H,19,22). The maximum Gasteiger partial charge on any atom is 0.238 e. The minimum Gasteiger partial charge on any atom is -0.325 e. The Balaban J connectivity index is 1.62. The van der Waals surface area contributed by atoms with E-state index in [9.17, 15) is 4.79 Å². The third-order valence-electron chi connectivity index (χ3n) is 4.33. The molecule has 2 N–H and O–H groups in total. The van der Waals surface area contributed by atoms with E-state index in [0.29, 0.717) is 12.5 Å². The number of nitrogens with zero attached hydrogens (tertiary/aromatic N) is 2. The number of hydrogen-bond acceptors (Lipinski definition) is 3. The van der Waals surface area contributed by atoms with Crippen LogP contribution in [0.5, 0.6) is 0 Å². The number of benzene rings is 1. The Bertz CT molecular complexity index is 692. The molecular formula is C17H22N4O. The van der Waals surface area contributed by atoms with Crippen LogP contribution in [0.3, 0.4) is 0 Å². The Morgan fingerprint density at radius 2 is 2.23 bits per heavy atom. The van der Waals surface area contributed by atoms with Crippen LogP contribution in [0, 0.1) is 13.8 Å². The van der Waals surface area contributed by atoms with Gasteiger partial charge in [-0.3, -0.25) is 14.8 Å². The van der Waals surface area contributed by atoms with E-state index < -0.39 is 0 Å². The number of amides is 1. The van der Waals surface area contributed by atoms with Crippen molar-refractivity contribution in [3.8, 4) is 0 Å². The molecule has 1 unspecified atom stereocenters. The first-order valence-electron chi connectivity index (χ1n) is 7.64. The molecule has 116 valence electrons. The van der Waals surface area contributed by atoms with Crippen LogP contribution in [0.1, 0.15) is 35.2 Å². The molecule has 1 aromatic carbocycles. The first-order valence-corrected chi connectivity index (χ1v) is 7.64. The summed E-state index contributed by atoms with van der Waals surface area (Å²) >= 11 is 0. The molecule has 0 spiro atoms. The van der Waals surface area contributed by atoms with Gasteiger partial charge in [0.05, 0.1) is 12.7 Å². The molecule has 1 aromatic heterocycles. The van der Waals surface area contributed by atoms with E-state index in [1.54, 1.807) is 0 Å². The molecule has 0 saturated heterocycles. The highest BCUT2D eigenvalue weighted by molar-refractivity contribution is 5.92. The van der Waals surface area contributed by atoms with Crippen molar-refractivity contribution >= 4 is 11.6 Å². The highest BCUT2D eigenvalue weighted by atomic mass is 16.2. The molecule has 3 rings (SSSR count). The monoisotopic (exact) mass is 298 g/mol. The van der Waals surface area contributed by atoms with Crippen molar-refractivity contribution in [3.05, 3.63) is 46.8 Å². The van der Waals surface area contributed by atoms with Crippen molar-refractivity contribution in [2.24, 2.45) is 0 Å². The number of aryl methyl sites for hydroxylation is 2. The summed E-state index contributed by atoms with van der Waals surface area (Å²) in [6.45, 7) is 8.33.